The van der Waals surface area contributed by atoms with Crippen molar-refractivity contribution in [2.24, 2.45) is 0 Å². The zero-order valence-corrected chi connectivity index (χ0v) is 12.8. The molecule has 0 fully saturated rings. The summed E-state index contributed by atoms with van der Waals surface area (Å²) in [5, 5.41) is 0.729. The van der Waals surface area contributed by atoms with Crippen molar-refractivity contribution in [3.63, 3.8) is 0 Å². The molecule has 1 aromatic heterocycles. The van der Waals surface area contributed by atoms with Gasteiger partial charge in [0.2, 0.25) is 0 Å². The van der Waals surface area contributed by atoms with Gasteiger partial charge in [-0.15, -0.1) is 0 Å². The number of nitrogens with zero attached hydrogens (tertiary/aromatic N) is 1. The molecule has 0 amide bonds. The molecule has 3 aromatic rings. The van der Waals surface area contributed by atoms with Gasteiger partial charge in [-0.2, -0.15) is 0 Å². The fourth-order valence-corrected chi connectivity index (χ4v) is 2.69. The lowest BCUT2D eigenvalue weighted by molar-refractivity contribution is 0.103. The van der Waals surface area contributed by atoms with Gasteiger partial charge in [0.25, 0.3) is 0 Å². The van der Waals surface area contributed by atoms with Crippen molar-refractivity contribution in [2.45, 2.75) is 6.92 Å². The number of benzene rings is 2. The van der Waals surface area contributed by atoms with Crippen molar-refractivity contribution in [3.8, 4) is 0 Å². The molecule has 0 aliphatic heterocycles. The van der Waals surface area contributed by atoms with E-state index in [1.165, 1.54) is 6.07 Å². The van der Waals surface area contributed by atoms with Crippen LogP contribution in [-0.2, 0) is 0 Å². The number of para-hydroxylation sites is 1. The second-order valence-electron chi connectivity index (χ2n) is 4.76. The Bertz CT molecular complexity index is 861. The minimum atomic E-state index is -0.541. The van der Waals surface area contributed by atoms with Crippen LogP contribution in [0.2, 0.25) is 0 Å². The minimum absolute atomic E-state index is 0.0557. The number of halogens is 2. The molecule has 0 aliphatic rings. The lowest BCUT2D eigenvalue weighted by Crippen LogP contribution is -2.06. The lowest BCUT2D eigenvalue weighted by atomic mass is 9.98. The van der Waals surface area contributed by atoms with Crippen molar-refractivity contribution in [1.29, 1.82) is 0 Å². The predicted molar refractivity (Wildman–Crippen MR) is 84.0 cm³/mol. The Balaban J connectivity index is 2.25. The highest BCUT2D eigenvalue weighted by atomic mass is 79.9. The molecule has 3 rings (SSSR count). The number of carbonyl (C=O) groups is 1. The third kappa shape index (κ3) is 2.47. The van der Waals surface area contributed by atoms with Gasteiger partial charge < -0.3 is 0 Å². The highest BCUT2D eigenvalue weighted by Gasteiger charge is 2.18. The van der Waals surface area contributed by atoms with E-state index in [2.05, 4.69) is 20.9 Å². The first-order valence-corrected chi connectivity index (χ1v) is 7.22. The SMILES string of the molecule is Cc1cc(C(=O)c2cccc(Br)c2F)c2ccccc2n1. The van der Waals surface area contributed by atoms with Gasteiger partial charge in [-0.1, -0.05) is 24.3 Å². The Labute approximate surface area is 129 Å². The first kappa shape index (κ1) is 13.9. The van der Waals surface area contributed by atoms with Crippen LogP contribution in [0.25, 0.3) is 10.9 Å². The van der Waals surface area contributed by atoms with Gasteiger partial charge >= 0.3 is 0 Å². The van der Waals surface area contributed by atoms with Crippen LogP contribution < -0.4 is 0 Å². The summed E-state index contributed by atoms with van der Waals surface area (Å²) in [7, 11) is 0. The molecule has 0 spiro atoms. The van der Waals surface area contributed by atoms with Crippen molar-refractivity contribution in [1.82, 2.24) is 4.98 Å². The molecule has 1 heterocycles. The van der Waals surface area contributed by atoms with Gasteiger partial charge in [-0.05, 0) is 47.1 Å². The van der Waals surface area contributed by atoms with Crippen LogP contribution in [0.1, 0.15) is 21.6 Å². The number of aryl methyl sites for hydroxylation is 1. The van der Waals surface area contributed by atoms with E-state index in [9.17, 15) is 9.18 Å². The van der Waals surface area contributed by atoms with Gasteiger partial charge in [-0.3, -0.25) is 9.78 Å². The molecule has 0 saturated heterocycles. The fourth-order valence-electron chi connectivity index (χ4n) is 2.32. The minimum Gasteiger partial charge on any atom is -0.288 e. The fraction of sp³-hybridized carbons (Fsp3) is 0.0588. The number of pyridine rings is 1. The molecular weight excluding hydrogens is 333 g/mol. The van der Waals surface area contributed by atoms with Gasteiger partial charge in [0.1, 0.15) is 5.82 Å². The molecule has 2 nitrogen and oxygen atoms in total. The highest BCUT2D eigenvalue weighted by molar-refractivity contribution is 9.10. The van der Waals surface area contributed by atoms with Crippen LogP contribution >= 0.6 is 15.9 Å². The van der Waals surface area contributed by atoms with Crippen molar-refractivity contribution in [2.75, 3.05) is 0 Å². The summed E-state index contributed by atoms with van der Waals surface area (Å²) in [4.78, 5) is 17.1. The van der Waals surface area contributed by atoms with Crippen LogP contribution in [0.5, 0.6) is 0 Å². The van der Waals surface area contributed by atoms with Crippen LogP contribution in [0.4, 0.5) is 4.39 Å². The van der Waals surface area contributed by atoms with Crippen LogP contribution in [0, 0.1) is 12.7 Å². The summed E-state index contributed by atoms with van der Waals surface area (Å²) >= 11 is 3.11. The van der Waals surface area contributed by atoms with Crippen LogP contribution in [0.15, 0.2) is 53.0 Å². The molecule has 21 heavy (non-hydrogen) atoms. The van der Waals surface area contributed by atoms with E-state index in [-0.39, 0.29) is 15.8 Å². The second-order valence-corrected chi connectivity index (χ2v) is 5.61. The maximum Gasteiger partial charge on any atom is 0.196 e. The summed E-state index contributed by atoms with van der Waals surface area (Å²) in [6.07, 6.45) is 0. The zero-order chi connectivity index (χ0) is 15.0. The van der Waals surface area contributed by atoms with Gasteiger partial charge in [0.15, 0.2) is 5.78 Å². The van der Waals surface area contributed by atoms with Crippen molar-refractivity contribution in [3.05, 3.63) is 75.6 Å². The first-order chi connectivity index (χ1) is 10.1. The van der Waals surface area contributed by atoms with E-state index >= 15 is 0 Å². The van der Waals surface area contributed by atoms with E-state index in [1.807, 2.05) is 31.2 Å². The molecule has 0 bridgehead atoms. The molecule has 2 aromatic carbocycles. The molecule has 0 N–H and O–H groups in total. The van der Waals surface area contributed by atoms with E-state index in [4.69, 9.17) is 0 Å². The summed E-state index contributed by atoms with van der Waals surface area (Å²) in [5.74, 6) is -0.878. The molecule has 0 unspecified atom stereocenters. The lowest BCUT2D eigenvalue weighted by Gasteiger charge is -2.08. The van der Waals surface area contributed by atoms with E-state index in [1.54, 1.807) is 18.2 Å². The quantitative estimate of drug-likeness (QED) is 0.632. The monoisotopic (exact) mass is 343 g/mol. The molecular formula is C17H11BrFNO. The summed E-state index contributed by atoms with van der Waals surface area (Å²) in [6.45, 7) is 1.82. The Hall–Kier alpha value is -2.07. The van der Waals surface area contributed by atoms with Gasteiger partial charge in [0, 0.05) is 16.6 Å². The second kappa shape index (κ2) is 5.37. The number of aromatic nitrogens is 1. The third-order valence-electron chi connectivity index (χ3n) is 3.29. The van der Waals surface area contributed by atoms with Crippen molar-refractivity contribution < 1.29 is 9.18 Å². The smallest absolute Gasteiger partial charge is 0.196 e. The number of carbonyl (C=O) groups excluding carboxylic acids is 1. The Morgan fingerprint density at radius 3 is 2.67 bits per heavy atom. The average Bonchev–Trinajstić information content (AvgIpc) is 2.48. The Kier molecular flexibility index (Phi) is 3.55. The molecule has 0 radical (unpaired) electrons. The summed E-state index contributed by atoms with van der Waals surface area (Å²) in [5.41, 5.74) is 1.99. The van der Waals surface area contributed by atoms with Crippen LogP contribution in [0.3, 0.4) is 0 Å². The maximum atomic E-state index is 14.2. The zero-order valence-electron chi connectivity index (χ0n) is 11.2. The summed E-state index contributed by atoms with van der Waals surface area (Å²) in [6, 6.07) is 13.8. The first-order valence-electron chi connectivity index (χ1n) is 6.43. The predicted octanol–water partition coefficient (Wildman–Crippen LogP) is 4.68. The Morgan fingerprint density at radius 1 is 1.10 bits per heavy atom. The average molecular weight is 344 g/mol. The molecule has 0 saturated carbocycles. The van der Waals surface area contributed by atoms with Gasteiger partial charge in [0.05, 0.1) is 15.6 Å². The number of ketones is 1. The Morgan fingerprint density at radius 2 is 1.86 bits per heavy atom. The molecule has 104 valence electrons. The highest BCUT2D eigenvalue weighted by Crippen LogP contribution is 2.25. The van der Waals surface area contributed by atoms with E-state index in [0.717, 1.165) is 16.6 Å². The van der Waals surface area contributed by atoms with E-state index < -0.39 is 5.82 Å². The molecule has 0 aliphatic carbocycles. The standard InChI is InChI=1S/C17H11BrFNO/c1-10-9-13(11-5-2-3-8-15(11)20-10)17(21)12-6-4-7-14(18)16(12)19/h2-9H,1H3. The van der Waals surface area contributed by atoms with Gasteiger partial charge in [-0.25, -0.2) is 4.39 Å². The maximum absolute atomic E-state index is 14.2. The largest absolute Gasteiger partial charge is 0.288 e. The van der Waals surface area contributed by atoms with Crippen LogP contribution in [-0.4, -0.2) is 10.8 Å². The number of hydrogen-bond acceptors (Lipinski definition) is 2. The number of hydrogen-bond donors (Lipinski definition) is 0. The molecule has 0 atom stereocenters. The number of rotatable bonds is 2. The summed E-state index contributed by atoms with van der Waals surface area (Å²) < 4.78 is 14.4. The van der Waals surface area contributed by atoms with Crippen molar-refractivity contribution >= 4 is 32.6 Å². The normalized spacial score (nSPS) is 10.8. The number of fused-ring (bicyclic) bond motifs is 1. The van der Waals surface area contributed by atoms with E-state index in [0.29, 0.717) is 5.56 Å². The topological polar surface area (TPSA) is 30.0 Å². The molecule has 4 heteroatoms. The third-order valence-corrected chi connectivity index (χ3v) is 3.90.